The van der Waals surface area contributed by atoms with Crippen molar-refractivity contribution >= 4 is 11.3 Å². The largest absolute Gasteiger partial charge is 0.477 e. The van der Waals surface area contributed by atoms with Gasteiger partial charge in [-0.15, -0.1) is 11.3 Å². The molecule has 2 aromatic heterocycles. The molecule has 5 heteroatoms. The van der Waals surface area contributed by atoms with Gasteiger partial charge >= 0.3 is 0 Å². The third kappa shape index (κ3) is 3.78. The number of piperidine rings is 1. The molecule has 0 aromatic carbocycles. The molecule has 1 aliphatic heterocycles. The number of aromatic nitrogens is 2. The van der Waals surface area contributed by atoms with Crippen LogP contribution >= 0.6 is 11.3 Å². The number of fused-ring (bicyclic) bond motifs is 1. The number of aryl methyl sites for hydroxylation is 3. The first-order valence-corrected chi connectivity index (χ1v) is 9.84. The van der Waals surface area contributed by atoms with Gasteiger partial charge in [0.15, 0.2) is 0 Å². The van der Waals surface area contributed by atoms with Crippen molar-refractivity contribution in [2.75, 3.05) is 19.7 Å². The second kappa shape index (κ2) is 7.19. The minimum Gasteiger partial charge on any atom is -0.477 e. The monoisotopic (exact) mass is 343 g/mol. The highest BCUT2D eigenvalue weighted by Gasteiger charge is 2.23. The summed E-state index contributed by atoms with van der Waals surface area (Å²) in [6, 6.07) is 5.96. The highest BCUT2D eigenvalue weighted by molar-refractivity contribution is 7.11. The van der Waals surface area contributed by atoms with Crippen molar-refractivity contribution in [3.8, 4) is 5.88 Å². The van der Waals surface area contributed by atoms with Crippen molar-refractivity contribution in [3.63, 3.8) is 0 Å². The van der Waals surface area contributed by atoms with Gasteiger partial charge in [0, 0.05) is 29.1 Å². The van der Waals surface area contributed by atoms with E-state index in [0.717, 1.165) is 31.3 Å². The van der Waals surface area contributed by atoms with Crippen molar-refractivity contribution in [2.45, 2.75) is 45.6 Å². The number of pyridine rings is 1. The maximum atomic E-state index is 5.92. The van der Waals surface area contributed by atoms with Crippen molar-refractivity contribution in [1.29, 1.82) is 0 Å². The minimum absolute atomic E-state index is 0.591. The summed E-state index contributed by atoms with van der Waals surface area (Å²) < 4.78 is 5.92. The average Bonchev–Trinajstić information content (AvgIpc) is 3.15. The number of rotatable bonds is 5. The minimum atomic E-state index is 0.591. The summed E-state index contributed by atoms with van der Waals surface area (Å²) in [6.07, 6.45) is 6.22. The van der Waals surface area contributed by atoms with E-state index in [0.29, 0.717) is 5.92 Å². The zero-order chi connectivity index (χ0) is 16.4. The molecule has 3 heterocycles. The van der Waals surface area contributed by atoms with Crippen LogP contribution in [0.2, 0.25) is 0 Å². The van der Waals surface area contributed by atoms with Crippen LogP contribution in [-0.4, -0.2) is 34.6 Å². The lowest BCUT2D eigenvalue weighted by atomic mass is 9.99. The second-order valence-electron chi connectivity index (χ2n) is 7.00. The van der Waals surface area contributed by atoms with Crippen LogP contribution < -0.4 is 4.74 Å². The molecule has 4 nitrogen and oxygen atoms in total. The van der Waals surface area contributed by atoms with Crippen LogP contribution in [0.1, 0.15) is 40.5 Å². The zero-order valence-electron chi connectivity index (χ0n) is 14.3. The number of hydrogen-bond donors (Lipinski definition) is 0. The SMILES string of the molecule is Cc1cccc(OCC2CCCN(Cc3nc4c(s3)CCC4)C2)n1. The van der Waals surface area contributed by atoms with Gasteiger partial charge in [0.1, 0.15) is 5.01 Å². The van der Waals surface area contributed by atoms with E-state index in [4.69, 9.17) is 9.72 Å². The molecule has 4 rings (SSSR count). The Bertz CT molecular complexity index is 678. The van der Waals surface area contributed by atoms with Crippen LogP contribution in [0.5, 0.6) is 5.88 Å². The standard InChI is InChI=1S/C19H25N3OS/c1-14-5-2-9-18(20-14)23-13-15-6-4-10-22(11-15)12-19-21-16-7-3-8-17(16)24-19/h2,5,9,15H,3-4,6-8,10-13H2,1H3. The fraction of sp³-hybridized carbons (Fsp3) is 0.579. The van der Waals surface area contributed by atoms with E-state index in [1.54, 1.807) is 0 Å². The van der Waals surface area contributed by atoms with Gasteiger partial charge in [-0.05, 0) is 51.6 Å². The Hall–Kier alpha value is -1.46. The van der Waals surface area contributed by atoms with Crippen LogP contribution in [0.4, 0.5) is 0 Å². The van der Waals surface area contributed by atoms with Gasteiger partial charge in [-0.1, -0.05) is 6.07 Å². The van der Waals surface area contributed by atoms with Gasteiger partial charge < -0.3 is 4.74 Å². The molecule has 2 aromatic rings. The maximum Gasteiger partial charge on any atom is 0.213 e. The molecule has 0 amide bonds. The molecule has 1 saturated heterocycles. The number of likely N-dealkylation sites (tertiary alicyclic amines) is 1. The van der Waals surface area contributed by atoms with Crippen molar-refractivity contribution in [3.05, 3.63) is 39.5 Å². The van der Waals surface area contributed by atoms with Crippen molar-refractivity contribution in [1.82, 2.24) is 14.9 Å². The molecule has 0 saturated carbocycles. The third-order valence-electron chi connectivity index (χ3n) is 4.93. The quantitative estimate of drug-likeness (QED) is 0.831. The predicted molar refractivity (Wildman–Crippen MR) is 96.6 cm³/mol. The third-order valence-corrected chi connectivity index (χ3v) is 6.07. The molecule has 128 valence electrons. The molecule has 0 bridgehead atoms. The van der Waals surface area contributed by atoms with Gasteiger partial charge in [0.2, 0.25) is 5.88 Å². The summed E-state index contributed by atoms with van der Waals surface area (Å²) in [7, 11) is 0. The fourth-order valence-electron chi connectivity index (χ4n) is 3.74. The van der Waals surface area contributed by atoms with Gasteiger partial charge in [-0.3, -0.25) is 4.90 Å². The first-order chi connectivity index (χ1) is 11.8. The van der Waals surface area contributed by atoms with Gasteiger partial charge in [-0.2, -0.15) is 0 Å². The van der Waals surface area contributed by atoms with E-state index in [1.807, 2.05) is 36.5 Å². The highest BCUT2D eigenvalue weighted by Crippen LogP contribution is 2.29. The molecular weight excluding hydrogens is 318 g/mol. The number of hydrogen-bond acceptors (Lipinski definition) is 5. The zero-order valence-corrected chi connectivity index (χ0v) is 15.1. The second-order valence-corrected chi connectivity index (χ2v) is 8.17. The molecule has 1 aliphatic carbocycles. The van der Waals surface area contributed by atoms with Crippen LogP contribution in [0, 0.1) is 12.8 Å². The molecule has 1 unspecified atom stereocenters. The lowest BCUT2D eigenvalue weighted by molar-refractivity contribution is 0.123. The predicted octanol–water partition coefficient (Wildman–Crippen LogP) is 3.63. The van der Waals surface area contributed by atoms with E-state index < -0.39 is 0 Å². The Kier molecular flexibility index (Phi) is 4.81. The van der Waals surface area contributed by atoms with Crippen LogP contribution in [0.3, 0.4) is 0 Å². The molecule has 0 radical (unpaired) electrons. The topological polar surface area (TPSA) is 38.2 Å². The lowest BCUT2D eigenvalue weighted by Crippen LogP contribution is -2.37. The highest BCUT2D eigenvalue weighted by atomic mass is 32.1. The Morgan fingerprint density at radius 2 is 2.21 bits per heavy atom. The van der Waals surface area contributed by atoms with E-state index in [2.05, 4.69) is 9.88 Å². The summed E-state index contributed by atoms with van der Waals surface area (Å²) in [5, 5.41) is 1.31. The Balaban J connectivity index is 1.30. The smallest absolute Gasteiger partial charge is 0.213 e. The van der Waals surface area contributed by atoms with Gasteiger partial charge in [0.05, 0.1) is 18.8 Å². The molecule has 0 spiro atoms. The average molecular weight is 343 g/mol. The first kappa shape index (κ1) is 16.0. The van der Waals surface area contributed by atoms with Crippen LogP contribution in [-0.2, 0) is 19.4 Å². The van der Waals surface area contributed by atoms with E-state index in [9.17, 15) is 0 Å². The molecule has 24 heavy (non-hydrogen) atoms. The normalized spacial score (nSPS) is 21.0. The van der Waals surface area contributed by atoms with E-state index >= 15 is 0 Å². The number of thiazole rings is 1. The first-order valence-electron chi connectivity index (χ1n) is 9.02. The van der Waals surface area contributed by atoms with Crippen molar-refractivity contribution in [2.24, 2.45) is 5.92 Å². The summed E-state index contributed by atoms with van der Waals surface area (Å²) >= 11 is 1.93. The van der Waals surface area contributed by atoms with Crippen molar-refractivity contribution < 1.29 is 4.74 Å². The summed E-state index contributed by atoms with van der Waals surface area (Å²) in [5.74, 6) is 1.34. The van der Waals surface area contributed by atoms with Gasteiger partial charge in [0.25, 0.3) is 0 Å². The molecular formula is C19H25N3OS. The number of ether oxygens (including phenoxy) is 1. The molecule has 2 aliphatic rings. The maximum absolute atomic E-state index is 5.92. The Morgan fingerprint density at radius 3 is 3.08 bits per heavy atom. The van der Waals surface area contributed by atoms with E-state index in [1.165, 1.54) is 54.2 Å². The van der Waals surface area contributed by atoms with Gasteiger partial charge in [-0.25, -0.2) is 9.97 Å². The summed E-state index contributed by atoms with van der Waals surface area (Å²) in [6.45, 7) is 6.07. The molecule has 0 N–H and O–H groups in total. The van der Waals surface area contributed by atoms with E-state index in [-0.39, 0.29) is 0 Å². The summed E-state index contributed by atoms with van der Waals surface area (Å²) in [4.78, 5) is 13.4. The van der Waals surface area contributed by atoms with Crippen LogP contribution in [0.15, 0.2) is 18.2 Å². The Labute approximate surface area is 147 Å². The Morgan fingerprint density at radius 1 is 1.25 bits per heavy atom. The lowest BCUT2D eigenvalue weighted by Gasteiger charge is -2.31. The molecule has 1 fully saturated rings. The molecule has 1 atom stereocenters. The summed E-state index contributed by atoms with van der Waals surface area (Å²) in [5.41, 5.74) is 2.38. The van der Waals surface area contributed by atoms with Crippen LogP contribution in [0.25, 0.3) is 0 Å². The fourth-order valence-corrected chi connectivity index (χ4v) is 4.93. The number of nitrogens with zero attached hydrogens (tertiary/aromatic N) is 3.